The van der Waals surface area contributed by atoms with Crippen molar-refractivity contribution < 1.29 is 8.78 Å². The van der Waals surface area contributed by atoms with E-state index in [1.807, 2.05) is 0 Å². The number of rotatable bonds is 5. The van der Waals surface area contributed by atoms with Crippen LogP contribution >= 0.6 is 0 Å². The molecule has 2 aliphatic rings. The summed E-state index contributed by atoms with van der Waals surface area (Å²) in [6.07, 6.45) is 1.25. The van der Waals surface area contributed by atoms with E-state index in [1.54, 1.807) is 0 Å². The molecule has 2 fully saturated rings. The van der Waals surface area contributed by atoms with Crippen molar-refractivity contribution in [2.24, 2.45) is 11.8 Å². The van der Waals surface area contributed by atoms with Crippen molar-refractivity contribution in [1.29, 1.82) is 0 Å². The van der Waals surface area contributed by atoms with E-state index in [1.165, 1.54) is 12.8 Å². The third kappa shape index (κ3) is 3.21. The van der Waals surface area contributed by atoms with Gasteiger partial charge in [0.15, 0.2) is 0 Å². The molecule has 0 bridgehead atoms. The Morgan fingerprint density at radius 1 is 1.33 bits per heavy atom. The Morgan fingerprint density at radius 3 is 2.50 bits per heavy atom. The molecule has 2 unspecified atom stereocenters. The van der Waals surface area contributed by atoms with Gasteiger partial charge in [-0.25, -0.2) is 8.78 Å². The lowest BCUT2D eigenvalue weighted by atomic mass is 9.88. The number of nitrogens with one attached hydrogen (secondary N) is 1. The maximum atomic E-state index is 12.8. The Morgan fingerprint density at radius 2 is 2.00 bits per heavy atom. The molecule has 0 aromatic heterocycles. The number of alkyl halides is 2. The van der Waals surface area contributed by atoms with Crippen LogP contribution < -0.4 is 5.32 Å². The normalized spacial score (nSPS) is 34.5. The van der Waals surface area contributed by atoms with Gasteiger partial charge < -0.3 is 5.32 Å². The number of hydrogen-bond acceptors (Lipinski definition) is 2. The van der Waals surface area contributed by atoms with E-state index in [2.05, 4.69) is 31.0 Å². The summed E-state index contributed by atoms with van der Waals surface area (Å²) in [7, 11) is 0. The Labute approximate surface area is 109 Å². The van der Waals surface area contributed by atoms with Gasteiger partial charge in [0.1, 0.15) is 0 Å². The monoisotopic (exact) mass is 260 g/mol. The molecule has 0 aromatic carbocycles. The lowest BCUT2D eigenvalue weighted by Crippen LogP contribution is -2.65. The molecule has 2 nitrogen and oxygen atoms in total. The molecule has 1 heterocycles. The van der Waals surface area contributed by atoms with Crippen molar-refractivity contribution in [3.63, 3.8) is 0 Å². The number of nitrogens with zero attached hydrogens (tertiary/aromatic N) is 1. The fourth-order valence-corrected chi connectivity index (χ4v) is 3.29. The number of halogens is 2. The van der Waals surface area contributed by atoms with Crippen LogP contribution in [-0.2, 0) is 0 Å². The van der Waals surface area contributed by atoms with Gasteiger partial charge in [0.25, 0.3) is 6.43 Å². The number of piperazine rings is 1. The number of hydrogen-bond donors (Lipinski definition) is 1. The van der Waals surface area contributed by atoms with Crippen molar-refractivity contribution in [2.75, 3.05) is 19.6 Å². The van der Waals surface area contributed by atoms with Crippen molar-refractivity contribution in [2.45, 2.75) is 58.0 Å². The molecule has 18 heavy (non-hydrogen) atoms. The van der Waals surface area contributed by atoms with Crippen LogP contribution in [0.25, 0.3) is 0 Å². The third-order valence-electron chi connectivity index (χ3n) is 4.48. The molecule has 0 amide bonds. The average Bonchev–Trinajstić information content (AvgIpc) is 3.05. The van der Waals surface area contributed by atoms with Gasteiger partial charge in [-0.3, -0.25) is 4.90 Å². The molecular weight excluding hydrogens is 234 g/mol. The van der Waals surface area contributed by atoms with Crippen LogP contribution in [0.5, 0.6) is 0 Å². The first kappa shape index (κ1) is 14.2. The van der Waals surface area contributed by atoms with E-state index in [9.17, 15) is 8.78 Å². The quantitative estimate of drug-likeness (QED) is 0.817. The molecule has 0 spiro atoms. The van der Waals surface area contributed by atoms with Crippen LogP contribution in [0.3, 0.4) is 0 Å². The second-order valence-corrected chi connectivity index (χ2v) is 6.63. The van der Waals surface area contributed by atoms with Crippen LogP contribution in [0.15, 0.2) is 0 Å². The Kier molecular flexibility index (Phi) is 4.27. The van der Waals surface area contributed by atoms with Gasteiger partial charge >= 0.3 is 0 Å². The van der Waals surface area contributed by atoms with Crippen LogP contribution in [0.2, 0.25) is 0 Å². The minimum atomic E-state index is -2.22. The molecule has 1 saturated heterocycles. The summed E-state index contributed by atoms with van der Waals surface area (Å²) in [5, 5.41) is 3.58. The summed E-state index contributed by atoms with van der Waals surface area (Å²) in [4.78, 5) is 2.05. The molecule has 0 aromatic rings. The molecule has 1 saturated carbocycles. The van der Waals surface area contributed by atoms with Crippen LogP contribution in [0, 0.1) is 11.8 Å². The Hall–Kier alpha value is -0.220. The largest absolute Gasteiger partial charge is 0.311 e. The standard InChI is InChI=1S/C14H26F2N2/c1-10(2)6-12-7-18(8-13(15)16)14(3,9-17-12)11-4-5-11/h10-13,17H,4-9H2,1-3H3. The van der Waals surface area contributed by atoms with Gasteiger partial charge in [-0.15, -0.1) is 0 Å². The Bertz CT molecular complexity index is 279. The fourth-order valence-electron chi connectivity index (χ4n) is 3.29. The minimum absolute atomic E-state index is 0.0517. The van der Waals surface area contributed by atoms with Gasteiger partial charge in [0.2, 0.25) is 0 Å². The molecule has 2 atom stereocenters. The highest BCUT2D eigenvalue weighted by Crippen LogP contribution is 2.44. The zero-order chi connectivity index (χ0) is 13.3. The lowest BCUT2D eigenvalue weighted by molar-refractivity contribution is -0.0149. The van der Waals surface area contributed by atoms with Crippen molar-refractivity contribution in [3.05, 3.63) is 0 Å². The van der Waals surface area contributed by atoms with Gasteiger partial charge in [0, 0.05) is 24.7 Å². The topological polar surface area (TPSA) is 15.3 Å². The molecule has 0 radical (unpaired) electrons. The summed E-state index contributed by atoms with van der Waals surface area (Å²) in [5.74, 6) is 1.23. The first-order valence-electron chi connectivity index (χ1n) is 7.18. The van der Waals surface area contributed by atoms with Crippen molar-refractivity contribution in [3.8, 4) is 0 Å². The SMILES string of the molecule is CC(C)CC1CN(CC(F)F)C(C)(C2CC2)CN1. The highest BCUT2D eigenvalue weighted by molar-refractivity contribution is 5.05. The van der Waals surface area contributed by atoms with E-state index in [0.717, 1.165) is 19.5 Å². The zero-order valence-corrected chi connectivity index (χ0v) is 11.8. The summed E-state index contributed by atoms with van der Waals surface area (Å²) in [6, 6.07) is 0.371. The second kappa shape index (κ2) is 5.41. The van der Waals surface area contributed by atoms with Gasteiger partial charge in [-0.2, -0.15) is 0 Å². The average molecular weight is 260 g/mol. The molecule has 4 heteroatoms. The first-order chi connectivity index (χ1) is 8.41. The van der Waals surface area contributed by atoms with Crippen LogP contribution in [0.4, 0.5) is 8.78 Å². The molecular formula is C14H26F2N2. The maximum Gasteiger partial charge on any atom is 0.251 e. The molecule has 106 valence electrons. The Balaban J connectivity index is 2.00. The van der Waals surface area contributed by atoms with Gasteiger partial charge in [-0.1, -0.05) is 13.8 Å². The predicted molar refractivity (Wildman–Crippen MR) is 70.0 cm³/mol. The second-order valence-electron chi connectivity index (χ2n) is 6.63. The predicted octanol–water partition coefficient (Wildman–Crippen LogP) is 2.74. The minimum Gasteiger partial charge on any atom is -0.311 e. The molecule has 1 aliphatic heterocycles. The summed E-state index contributed by atoms with van der Waals surface area (Å²) < 4.78 is 25.5. The molecule has 2 rings (SSSR count). The summed E-state index contributed by atoms with van der Waals surface area (Å²) >= 11 is 0. The summed E-state index contributed by atoms with van der Waals surface area (Å²) in [6.45, 7) is 8.11. The molecule has 1 N–H and O–H groups in total. The van der Waals surface area contributed by atoms with E-state index in [4.69, 9.17) is 0 Å². The first-order valence-corrected chi connectivity index (χ1v) is 7.18. The highest BCUT2D eigenvalue weighted by Gasteiger charge is 2.48. The van der Waals surface area contributed by atoms with Gasteiger partial charge in [-0.05, 0) is 38.0 Å². The lowest BCUT2D eigenvalue weighted by Gasteiger charge is -2.49. The smallest absolute Gasteiger partial charge is 0.251 e. The van der Waals surface area contributed by atoms with Crippen molar-refractivity contribution in [1.82, 2.24) is 10.2 Å². The maximum absolute atomic E-state index is 12.8. The zero-order valence-electron chi connectivity index (χ0n) is 11.8. The highest BCUT2D eigenvalue weighted by atomic mass is 19.3. The third-order valence-corrected chi connectivity index (χ3v) is 4.48. The summed E-state index contributed by atoms with van der Waals surface area (Å²) in [5.41, 5.74) is -0.0517. The van der Waals surface area contributed by atoms with Crippen LogP contribution in [0.1, 0.15) is 40.0 Å². The van der Waals surface area contributed by atoms with Gasteiger partial charge in [0.05, 0.1) is 6.54 Å². The van der Waals surface area contributed by atoms with E-state index in [-0.39, 0.29) is 12.1 Å². The van der Waals surface area contributed by atoms with Crippen LogP contribution in [-0.4, -0.2) is 42.5 Å². The van der Waals surface area contributed by atoms with E-state index < -0.39 is 6.43 Å². The fraction of sp³-hybridized carbons (Fsp3) is 1.00. The van der Waals surface area contributed by atoms with E-state index >= 15 is 0 Å². The molecule has 1 aliphatic carbocycles. The van der Waals surface area contributed by atoms with Crippen molar-refractivity contribution >= 4 is 0 Å². The van der Waals surface area contributed by atoms with E-state index in [0.29, 0.717) is 17.9 Å².